The zero-order chi connectivity index (χ0) is 14.1. The lowest BCUT2D eigenvalue weighted by atomic mass is 10.1. The first-order valence-corrected chi connectivity index (χ1v) is 6.64. The van der Waals surface area contributed by atoms with Crippen LogP contribution in [-0.2, 0) is 16.0 Å². The maximum absolute atomic E-state index is 10.9. The number of pyridine rings is 1. The average molecular weight is 263 g/mol. The summed E-state index contributed by atoms with van der Waals surface area (Å²) in [5.41, 5.74) is 0.765. The summed E-state index contributed by atoms with van der Waals surface area (Å²) < 4.78 is 5.54. The van der Waals surface area contributed by atoms with Crippen LogP contribution in [0.3, 0.4) is 0 Å². The Bertz CT molecular complexity index is 412. The van der Waals surface area contributed by atoms with Crippen molar-refractivity contribution in [2.24, 2.45) is 0 Å². The molecule has 0 atom stereocenters. The lowest BCUT2D eigenvalue weighted by molar-refractivity contribution is -0.117. The number of Topliss-reactive ketones (excluding diaryl/α,β-unsaturated/α-hetero) is 2. The highest BCUT2D eigenvalue weighted by Crippen LogP contribution is 2.11. The van der Waals surface area contributed by atoms with E-state index in [1.54, 1.807) is 20.0 Å². The van der Waals surface area contributed by atoms with Crippen molar-refractivity contribution in [1.29, 1.82) is 0 Å². The lowest BCUT2D eigenvalue weighted by Gasteiger charge is -2.06. The van der Waals surface area contributed by atoms with E-state index in [-0.39, 0.29) is 11.6 Å². The molecule has 0 spiro atoms. The third kappa shape index (κ3) is 7.34. The maximum atomic E-state index is 10.9. The molecule has 0 aliphatic carbocycles. The number of nitrogens with zero attached hydrogens (tertiary/aromatic N) is 1. The Labute approximate surface area is 114 Å². The second-order valence-corrected chi connectivity index (χ2v) is 4.73. The van der Waals surface area contributed by atoms with E-state index in [0.717, 1.165) is 30.7 Å². The molecule has 0 saturated heterocycles. The van der Waals surface area contributed by atoms with Crippen LogP contribution in [0.1, 0.15) is 45.2 Å². The minimum atomic E-state index is 0.103. The number of hydrogen-bond acceptors (Lipinski definition) is 4. The summed E-state index contributed by atoms with van der Waals surface area (Å²) in [6, 6.07) is 3.65. The summed E-state index contributed by atoms with van der Waals surface area (Å²) in [4.78, 5) is 25.8. The summed E-state index contributed by atoms with van der Waals surface area (Å²) in [6.07, 6.45) is 5.52. The Kier molecular flexibility index (Phi) is 6.79. The third-order valence-electron chi connectivity index (χ3n) is 2.67. The van der Waals surface area contributed by atoms with Gasteiger partial charge in [-0.15, -0.1) is 0 Å². The topological polar surface area (TPSA) is 56.3 Å². The summed E-state index contributed by atoms with van der Waals surface area (Å²) in [5, 5.41) is 0. The second-order valence-electron chi connectivity index (χ2n) is 4.73. The van der Waals surface area contributed by atoms with E-state index in [4.69, 9.17) is 4.74 Å². The van der Waals surface area contributed by atoms with E-state index < -0.39 is 0 Å². The molecule has 1 rings (SSSR count). The van der Waals surface area contributed by atoms with E-state index in [1.807, 2.05) is 12.1 Å². The molecule has 0 fully saturated rings. The molecule has 1 aromatic heterocycles. The summed E-state index contributed by atoms with van der Waals surface area (Å²) >= 11 is 0. The van der Waals surface area contributed by atoms with Gasteiger partial charge in [0.1, 0.15) is 17.3 Å². The molecule has 1 heterocycles. The first-order valence-electron chi connectivity index (χ1n) is 6.64. The third-order valence-corrected chi connectivity index (χ3v) is 2.67. The van der Waals surface area contributed by atoms with Gasteiger partial charge in [-0.25, -0.2) is 0 Å². The van der Waals surface area contributed by atoms with Crippen LogP contribution in [-0.4, -0.2) is 23.2 Å². The fraction of sp³-hybridized carbons (Fsp3) is 0.533. The van der Waals surface area contributed by atoms with Crippen LogP contribution in [0.2, 0.25) is 0 Å². The van der Waals surface area contributed by atoms with Gasteiger partial charge in [0.15, 0.2) is 0 Å². The smallest absolute Gasteiger partial charge is 0.137 e. The standard InChI is InChI=1S/C15H21NO3/c1-12(17)6-4-3-5-9-19-15-8-7-14(16-11-15)10-13(2)18/h7-8,11H,3-6,9-10H2,1-2H3. The van der Waals surface area contributed by atoms with Gasteiger partial charge in [0.05, 0.1) is 12.8 Å². The number of carbonyl (C=O) groups is 2. The molecule has 0 aromatic carbocycles. The molecule has 104 valence electrons. The molecule has 0 aliphatic rings. The number of ketones is 2. The number of carbonyl (C=O) groups excluding carboxylic acids is 2. The fourth-order valence-corrected chi connectivity index (χ4v) is 1.70. The highest BCUT2D eigenvalue weighted by atomic mass is 16.5. The van der Waals surface area contributed by atoms with Gasteiger partial charge in [-0.3, -0.25) is 9.78 Å². The van der Waals surface area contributed by atoms with Crippen LogP contribution in [0.15, 0.2) is 18.3 Å². The molecular formula is C15H21NO3. The average Bonchev–Trinajstić information content (AvgIpc) is 2.34. The predicted molar refractivity (Wildman–Crippen MR) is 73.3 cm³/mol. The van der Waals surface area contributed by atoms with Gasteiger partial charge in [0, 0.05) is 18.5 Å². The summed E-state index contributed by atoms with van der Waals surface area (Å²) in [5.74, 6) is 1.07. The first-order chi connectivity index (χ1) is 9.08. The van der Waals surface area contributed by atoms with Crippen molar-refractivity contribution in [3.05, 3.63) is 24.0 Å². The predicted octanol–water partition coefficient (Wildman–Crippen LogP) is 2.74. The maximum Gasteiger partial charge on any atom is 0.137 e. The Balaban J connectivity index is 2.19. The van der Waals surface area contributed by atoms with Gasteiger partial charge < -0.3 is 9.53 Å². The Morgan fingerprint density at radius 1 is 1.11 bits per heavy atom. The van der Waals surface area contributed by atoms with E-state index in [1.165, 1.54) is 0 Å². The minimum absolute atomic E-state index is 0.103. The number of hydrogen-bond donors (Lipinski definition) is 0. The zero-order valence-electron chi connectivity index (χ0n) is 11.6. The SMILES string of the molecule is CC(=O)CCCCCOc1ccc(CC(C)=O)nc1. The molecular weight excluding hydrogens is 242 g/mol. The van der Waals surface area contributed by atoms with E-state index in [0.29, 0.717) is 19.4 Å². The zero-order valence-corrected chi connectivity index (χ0v) is 11.6. The van der Waals surface area contributed by atoms with E-state index in [2.05, 4.69) is 4.98 Å². The molecule has 4 heteroatoms. The largest absolute Gasteiger partial charge is 0.492 e. The summed E-state index contributed by atoms with van der Waals surface area (Å²) in [6.45, 7) is 3.80. The fourth-order valence-electron chi connectivity index (χ4n) is 1.70. The van der Waals surface area contributed by atoms with Gasteiger partial charge in [-0.2, -0.15) is 0 Å². The molecule has 0 saturated carbocycles. The van der Waals surface area contributed by atoms with Crippen molar-refractivity contribution in [2.45, 2.75) is 46.0 Å². The van der Waals surface area contributed by atoms with Gasteiger partial charge in [0.2, 0.25) is 0 Å². The van der Waals surface area contributed by atoms with Gasteiger partial charge in [-0.1, -0.05) is 0 Å². The number of ether oxygens (including phenoxy) is 1. The van der Waals surface area contributed by atoms with Crippen LogP contribution < -0.4 is 4.74 Å². The van der Waals surface area contributed by atoms with Gasteiger partial charge in [-0.05, 0) is 45.2 Å². The Morgan fingerprint density at radius 2 is 1.89 bits per heavy atom. The van der Waals surface area contributed by atoms with Gasteiger partial charge in [0.25, 0.3) is 0 Å². The van der Waals surface area contributed by atoms with Crippen molar-refractivity contribution in [3.63, 3.8) is 0 Å². The first kappa shape index (κ1) is 15.3. The molecule has 4 nitrogen and oxygen atoms in total. The van der Waals surface area contributed by atoms with Crippen LogP contribution in [0, 0.1) is 0 Å². The van der Waals surface area contributed by atoms with E-state index in [9.17, 15) is 9.59 Å². The molecule has 1 aromatic rings. The normalized spacial score (nSPS) is 10.2. The van der Waals surface area contributed by atoms with Crippen molar-refractivity contribution in [1.82, 2.24) is 4.98 Å². The van der Waals surface area contributed by atoms with Crippen LogP contribution in [0.4, 0.5) is 0 Å². The number of unbranched alkanes of at least 4 members (excludes halogenated alkanes) is 2. The highest BCUT2D eigenvalue weighted by Gasteiger charge is 2.00. The minimum Gasteiger partial charge on any atom is -0.492 e. The monoisotopic (exact) mass is 263 g/mol. The number of aromatic nitrogens is 1. The molecule has 0 radical (unpaired) electrons. The summed E-state index contributed by atoms with van der Waals surface area (Å²) in [7, 11) is 0. The van der Waals surface area contributed by atoms with Crippen LogP contribution in [0.5, 0.6) is 5.75 Å². The Hall–Kier alpha value is -1.71. The molecule has 0 N–H and O–H groups in total. The van der Waals surface area contributed by atoms with Crippen LogP contribution >= 0.6 is 0 Å². The molecule has 0 aliphatic heterocycles. The van der Waals surface area contributed by atoms with Crippen LogP contribution in [0.25, 0.3) is 0 Å². The second kappa shape index (κ2) is 8.40. The molecule has 0 amide bonds. The molecule has 0 unspecified atom stereocenters. The Morgan fingerprint density at radius 3 is 2.47 bits per heavy atom. The number of rotatable bonds is 9. The van der Waals surface area contributed by atoms with Crippen molar-refractivity contribution in [2.75, 3.05) is 6.61 Å². The molecule has 19 heavy (non-hydrogen) atoms. The van der Waals surface area contributed by atoms with Gasteiger partial charge >= 0.3 is 0 Å². The van der Waals surface area contributed by atoms with E-state index >= 15 is 0 Å². The highest BCUT2D eigenvalue weighted by molar-refractivity contribution is 5.77. The lowest BCUT2D eigenvalue weighted by Crippen LogP contribution is -2.01. The quantitative estimate of drug-likeness (QED) is 0.643. The molecule has 0 bridgehead atoms. The van der Waals surface area contributed by atoms with Crippen molar-refractivity contribution in [3.8, 4) is 5.75 Å². The van der Waals surface area contributed by atoms with Crippen molar-refractivity contribution >= 4 is 11.6 Å². The van der Waals surface area contributed by atoms with Crippen molar-refractivity contribution < 1.29 is 14.3 Å².